The van der Waals surface area contributed by atoms with Crippen molar-refractivity contribution in [1.82, 2.24) is 4.98 Å². The zero-order valence-corrected chi connectivity index (χ0v) is 12.1. The van der Waals surface area contributed by atoms with E-state index in [1.807, 2.05) is 12.3 Å². The largest absolute Gasteiger partial charge is 0.493 e. The molecule has 1 N–H and O–H groups in total. The fourth-order valence-corrected chi connectivity index (χ4v) is 2.18. The molecule has 0 spiro atoms. The Morgan fingerprint density at radius 2 is 2.14 bits per heavy atom. The van der Waals surface area contributed by atoms with E-state index in [-0.39, 0.29) is 17.9 Å². The highest BCUT2D eigenvalue weighted by Crippen LogP contribution is 2.25. The zero-order valence-electron chi connectivity index (χ0n) is 11.3. The molecule has 2 aromatic rings. The maximum absolute atomic E-state index is 13.7. The molecule has 21 heavy (non-hydrogen) atoms. The standard InChI is InChI=1S/C13H12F3N3OS/c1-3-20-10-4-9(14)12(16)11(15)8(10)5-17-19-13-18-7(2)6-21-13/h4-6H,3H2,1-2H3,(H,18,19). The van der Waals surface area contributed by atoms with E-state index in [2.05, 4.69) is 15.5 Å². The van der Waals surface area contributed by atoms with Crippen LogP contribution in [0.2, 0.25) is 0 Å². The smallest absolute Gasteiger partial charge is 0.203 e. The summed E-state index contributed by atoms with van der Waals surface area (Å²) in [6.45, 7) is 3.65. The van der Waals surface area contributed by atoms with Crippen molar-refractivity contribution in [2.24, 2.45) is 5.10 Å². The number of hydrogen-bond donors (Lipinski definition) is 1. The third-order valence-corrected chi connectivity index (χ3v) is 3.30. The Kier molecular flexibility index (Phi) is 4.79. The highest BCUT2D eigenvalue weighted by atomic mass is 32.1. The molecule has 0 unspecified atom stereocenters. The fourth-order valence-electron chi connectivity index (χ4n) is 1.54. The molecule has 0 aliphatic carbocycles. The normalized spacial score (nSPS) is 11.1. The van der Waals surface area contributed by atoms with Crippen LogP contribution in [0.1, 0.15) is 18.2 Å². The Morgan fingerprint density at radius 3 is 2.76 bits per heavy atom. The average molecular weight is 315 g/mol. The van der Waals surface area contributed by atoms with Gasteiger partial charge in [0, 0.05) is 11.4 Å². The van der Waals surface area contributed by atoms with Gasteiger partial charge in [-0.1, -0.05) is 0 Å². The van der Waals surface area contributed by atoms with Gasteiger partial charge in [0.25, 0.3) is 0 Å². The minimum atomic E-state index is -1.56. The molecule has 1 heterocycles. The number of benzene rings is 1. The molecule has 0 aliphatic rings. The van der Waals surface area contributed by atoms with E-state index < -0.39 is 17.5 Å². The van der Waals surface area contributed by atoms with Gasteiger partial charge in [-0.2, -0.15) is 5.10 Å². The van der Waals surface area contributed by atoms with Crippen molar-refractivity contribution in [3.63, 3.8) is 0 Å². The van der Waals surface area contributed by atoms with Crippen LogP contribution in [0.3, 0.4) is 0 Å². The molecule has 8 heteroatoms. The highest BCUT2D eigenvalue weighted by molar-refractivity contribution is 7.13. The van der Waals surface area contributed by atoms with Gasteiger partial charge < -0.3 is 4.74 Å². The maximum atomic E-state index is 13.7. The van der Waals surface area contributed by atoms with Crippen molar-refractivity contribution in [2.45, 2.75) is 13.8 Å². The van der Waals surface area contributed by atoms with Crippen LogP contribution in [-0.2, 0) is 0 Å². The van der Waals surface area contributed by atoms with Crippen molar-refractivity contribution in [3.05, 3.63) is 40.2 Å². The molecule has 1 aromatic carbocycles. The Bertz CT molecular complexity index is 673. The summed E-state index contributed by atoms with van der Waals surface area (Å²) in [5.74, 6) is -4.34. The second-order valence-corrected chi connectivity index (χ2v) is 4.85. The van der Waals surface area contributed by atoms with Crippen LogP contribution >= 0.6 is 11.3 Å². The van der Waals surface area contributed by atoms with Gasteiger partial charge in [0.2, 0.25) is 5.13 Å². The van der Waals surface area contributed by atoms with Gasteiger partial charge in [-0.3, -0.25) is 5.43 Å². The summed E-state index contributed by atoms with van der Waals surface area (Å²) in [5.41, 5.74) is 3.13. The van der Waals surface area contributed by atoms with Crippen LogP contribution in [-0.4, -0.2) is 17.8 Å². The number of rotatable bonds is 5. The van der Waals surface area contributed by atoms with Gasteiger partial charge in [0.05, 0.1) is 24.1 Å². The first-order valence-corrected chi connectivity index (χ1v) is 6.92. The summed E-state index contributed by atoms with van der Waals surface area (Å²) >= 11 is 1.31. The molecule has 4 nitrogen and oxygen atoms in total. The summed E-state index contributed by atoms with van der Waals surface area (Å²) in [4.78, 5) is 4.09. The third-order valence-electron chi connectivity index (χ3n) is 2.43. The summed E-state index contributed by atoms with van der Waals surface area (Å²) in [7, 11) is 0. The monoisotopic (exact) mass is 315 g/mol. The van der Waals surface area contributed by atoms with E-state index in [4.69, 9.17) is 4.74 Å². The molecule has 0 aliphatic heterocycles. The molecule has 0 radical (unpaired) electrons. The first kappa shape index (κ1) is 15.3. The number of nitrogens with zero attached hydrogens (tertiary/aromatic N) is 2. The molecular formula is C13H12F3N3OS. The van der Waals surface area contributed by atoms with Gasteiger partial charge in [-0.05, 0) is 13.8 Å². The number of aromatic nitrogens is 1. The lowest BCUT2D eigenvalue weighted by molar-refractivity contribution is 0.330. The van der Waals surface area contributed by atoms with Crippen LogP contribution in [0.15, 0.2) is 16.5 Å². The topological polar surface area (TPSA) is 46.5 Å². The Balaban J connectivity index is 2.27. The van der Waals surface area contributed by atoms with Crippen molar-refractivity contribution in [1.29, 1.82) is 0 Å². The van der Waals surface area contributed by atoms with Gasteiger partial charge in [-0.25, -0.2) is 18.2 Å². The van der Waals surface area contributed by atoms with Crippen LogP contribution < -0.4 is 10.2 Å². The minimum Gasteiger partial charge on any atom is -0.493 e. The second kappa shape index (κ2) is 6.57. The highest BCUT2D eigenvalue weighted by Gasteiger charge is 2.18. The molecule has 0 fully saturated rings. The Morgan fingerprint density at radius 1 is 1.38 bits per heavy atom. The quantitative estimate of drug-likeness (QED) is 0.520. The number of thiazole rings is 1. The molecule has 112 valence electrons. The number of nitrogens with one attached hydrogen (secondary N) is 1. The Labute approximate surface area is 123 Å². The molecule has 0 atom stereocenters. The van der Waals surface area contributed by atoms with E-state index in [0.29, 0.717) is 5.13 Å². The molecule has 0 bridgehead atoms. The first-order chi connectivity index (χ1) is 10.0. The number of hydrazone groups is 1. The predicted molar refractivity (Wildman–Crippen MR) is 75.6 cm³/mol. The molecular weight excluding hydrogens is 303 g/mol. The lowest BCUT2D eigenvalue weighted by Gasteiger charge is -2.09. The van der Waals surface area contributed by atoms with Gasteiger partial charge in [-0.15, -0.1) is 11.3 Å². The van der Waals surface area contributed by atoms with Gasteiger partial charge in [0.15, 0.2) is 17.5 Å². The summed E-state index contributed by atoms with van der Waals surface area (Å²) in [6, 6.07) is 0.788. The van der Waals surface area contributed by atoms with Crippen LogP contribution in [0.25, 0.3) is 0 Å². The second-order valence-electron chi connectivity index (χ2n) is 4.00. The fraction of sp³-hybridized carbons (Fsp3) is 0.231. The van der Waals surface area contributed by atoms with Crippen LogP contribution in [0, 0.1) is 24.4 Å². The maximum Gasteiger partial charge on any atom is 0.203 e. The summed E-state index contributed by atoms with van der Waals surface area (Å²) in [5, 5.41) is 6.08. The number of hydrogen-bond acceptors (Lipinski definition) is 5. The van der Waals surface area contributed by atoms with E-state index in [1.54, 1.807) is 6.92 Å². The van der Waals surface area contributed by atoms with Crippen molar-refractivity contribution in [3.8, 4) is 5.75 Å². The lowest BCUT2D eigenvalue weighted by Crippen LogP contribution is -2.04. The van der Waals surface area contributed by atoms with Crippen LogP contribution in [0.4, 0.5) is 18.3 Å². The zero-order chi connectivity index (χ0) is 15.4. The van der Waals surface area contributed by atoms with Gasteiger partial charge in [0.1, 0.15) is 5.75 Å². The molecule has 2 rings (SSSR count). The lowest BCUT2D eigenvalue weighted by atomic mass is 10.2. The van der Waals surface area contributed by atoms with E-state index in [0.717, 1.165) is 18.0 Å². The van der Waals surface area contributed by atoms with Crippen LogP contribution in [0.5, 0.6) is 5.75 Å². The first-order valence-electron chi connectivity index (χ1n) is 6.04. The number of aryl methyl sites for hydroxylation is 1. The SMILES string of the molecule is CCOc1cc(F)c(F)c(F)c1C=NNc1nc(C)cs1. The number of ether oxygens (including phenoxy) is 1. The third kappa shape index (κ3) is 3.52. The van der Waals surface area contributed by atoms with Crippen molar-refractivity contribution < 1.29 is 17.9 Å². The molecule has 0 saturated carbocycles. The van der Waals surface area contributed by atoms with Gasteiger partial charge >= 0.3 is 0 Å². The molecule has 0 saturated heterocycles. The van der Waals surface area contributed by atoms with E-state index >= 15 is 0 Å². The number of anilines is 1. The molecule has 1 aromatic heterocycles. The average Bonchev–Trinajstić information content (AvgIpc) is 2.86. The summed E-state index contributed by atoms with van der Waals surface area (Å²) in [6.07, 6.45) is 1.03. The van der Waals surface area contributed by atoms with E-state index in [9.17, 15) is 13.2 Å². The Hall–Kier alpha value is -2.09. The number of halogens is 3. The minimum absolute atomic E-state index is 0.116. The van der Waals surface area contributed by atoms with Crippen molar-refractivity contribution in [2.75, 3.05) is 12.0 Å². The van der Waals surface area contributed by atoms with E-state index in [1.165, 1.54) is 11.3 Å². The molecule has 0 amide bonds. The van der Waals surface area contributed by atoms with Crippen molar-refractivity contribution >= 4 is 22.7 Å². The summed E-state index contributed by atoms with van der Waals surface area (Å²) < 4.78 is 45.3. The predicted octanol–water partition coefficient (Wildman–Crippen LogP) is 3.71.